The van der Waals surface area contributed by atoms with Gasteiger partial charge in [-0.3, -0.25) is 0 Å². The van der Waals surface area contributed by atoms with Crippen LogP contribution < -0.4 is 9.80 Å². The molecule has 0 amide bonds. The van der Waals surface area contributed by atoms with Crippen LogP contribution in [0.2, 0.25) is 0 Å². The lowest BCUT2D eigenvalue weighted by Gasteiger charge is -2.35. The van der Waals surface area contributed by atoms with Crippen LogP contribution in [0.5, 0.6) is 0 Å². The molecule has 0 atom stereocenters. The molecule has 3 heterocycles. The van der Waals surface area contributed by atoms with Crippen LogP contribution in [-0.2, 0) is 0 Å². The van der Waals surface area contributed by atoms with Gasteiger partial charge >= 0.3 is 0 Å². The molecule has 2 aromatic rings. The summed E-state index contributed by atoms with van der Waals surface area (Å²) >= 11 is 1.67. The summed E-state index contributed by atoms with van der Waals surface area (Å²) in [6.07, 6.45) is 1.84. The Hall–Kier alpha value is -2.13. The van der Waals surface area contributed by atoms with Gasteiger partial charge in [0, 0.05) is 43.4 Å². The van der Waals surface area contributed by atoms with Crippen LogP contribution in [0.3, 0.4) is 0 Å². The first kappa shape index (κ1) is 13.8. The minimum atomic E-state index is 0.697. The Morgan fingerprint density at radius 1 is 1.19 bits per heavy atom. The summed E-state index contributed by atoms with van der Waals surface area (Å²) in [4.78, 5) is 13.4. The van der Waals surface area contributed by atoms with Crippen molar-refractivity contribution in [3.63, 3.8) is 0 Å². The largest absolute Gasteiger partial charge is 0.352 e. The Morgan fingerprint density at radius 3 is 2.52 bits per heavy atom. The van der Waals surface area contributed by atoms with Crippen molar-refractivity contribution in [2.24, 2.45) is 0 Å². The lowest BCUT2D eigenvalue weighted by atomic mass is 10.1. The molecule has 1 fully saturated rings. The molecule has 0 aromatic carbocycles. The van der Waals surface area contributed by atoms with E-state index in [2.05, 4.69) is 25.8 Å². The molecule has 0 N–H and O–H groups in total. The maximum atomic E-state index is 9.39. The van der Waals surface area contributed by atoms with Crippen molar-refractivity contribution in [1.29, 1.82) is 5.26 Å². The maximum Gasteiger partial charge on any atom is 0.185 e. The molecule has 0 saturated carbocycles. The van der Waals surface area contributed by atoms with E-state index in [1.54, 1.807) is 11.3 Å². The summed E-state index contributed by atoms with van der Waals surface area (Å²) in [5.74, 6) is 0.828. The molecule has 3 rings (SSSR count). The second kappa shape index (κ2) is 5.70. The van der Waals surface area contributed by atoms with Crippen molar-refractivity contribution < 1.29 is 0 Å². The fourth-order valence-electron chi connectivity index (χ4n) is 2.67. The van der Waals surface area contributed by atoms with Crippen LogP contribution in [0.25, 0.3) is 0 Å². The summed E-state index contributed by atoms with van der Waals surface area (Å²) in [5, 5.41) is 12.5. The van der Waals surface area contributed by atoms with Crippen molar-refractivity contribution in [3.05, 3.63) is 34.5 Å². The zero-order chi connectivity index (χ0) is 14.8. The first-order chi connectivity index (χ1) is 10.2. The van der Waals surface area contributed by atoms with E-state index in [1.807, 2.05) is 31.5 Å². The predicted molar refractivity (Wildman–Crippen MR) is 85.0 cm³/mol. The highest BCUT2D eigenvalue weighted by Gasteiger charge is 2.22. The summed E-state index contributed by atoms with van der Waals surface area (Å²) in [6, 6.07) is 4.27. The van der Waals surface area contributed by atoms with Crippen LogP contribution >= 0.6 is 11.3 Å². The van der Waals surface area contributed by atoms with Crippen LogP contribution in [0, 0.1) is 25.2 Å². The minimum Gasteiger partial charge on any atom is -0.352 e. The number of rotatable bonds is 2. The minimum absolute atomic E-state index is 0.697. The van der Waals surface area contributed by atoms with Crippen molar-refractivity contribution in [2.75, 3.05) is 36.0 Å². The lowest BCUT2D eigenvalue weighted by Crippen LogP contribution is -2.47. The van der Waals surface area contributed by atoms with Gasteiger partial charge in [0.1, 0.15) is 11.9 Å². The molecule has 0 bridgehead atoms. The quantitative estimate of drug-likeness (QED) is 0.852. The third kappa shape index (κ3) is 2.69. The molecule has 1 aliphatic heterocycles. The van der Waals surface area contributed by atoms with E-state index < -0.39 is 0 Å². The van der Waals surface area contributed by atoms with Gasteiger partial charge in [-0.25, -0.2) is 9.97 Å². The molecule has 0 aliphatic carbocycles. The molecular formula is C15H17N5S. The molecule has 0 radical (unpaired) electrons. The number of anilines is 2. The van der Waals surface area contributed by atoms with Gasteiger partial charge in [0.25, 0.3) is 0 Å². The van der Waals surface area contributed by atoms with Crippen molar-refractivity contribution >= 4 is 22.3 Å². The Kier molecular flexibility index (Phi) is 3.76. The van der Waals surface area contributed by atoms with E-state index in [9.17, 15) is 5.26 Å². The summed E-state index contributed by atoms with van der Waals surface area (Å²) < 4.78 is 0. The smallest absolute Gasteiger partial charge is 0.185 e. The van der Waals surface area contributed by atoms with Crippen LogP contribution in [0.4, 0.5) is 10.9 Å². The zero-order valence-electron chi connectivity index (χ0n) is 12.2. The van der Waals surface area contributed by atoms with Gasteiger partial charge in [-0.05, 0) is 25.5 Å². The first-order valence-corrected chi connectivity index (χ1v) is 7.84. The van der Waals surface area contributed by atoms with Gasteiger partial charge in [0.2, 0.25) is 0 Å². The van der Waals surface area contributed by atoms with Crippen molar-refractivity contribution in [2.45, 2.75) is 13.8 Å². The molecule has 2 aromatic heterocycles. The van der Waals surface area contributed by atoms with Gasteiger partial charge in [-0.2, -0.15) is 5.26 Å². The van der Waals surface area contributed by atoms with E-state index in [0.717, 1.165) is 48.4 Å². The van der Waals surface area contributed by atoms with Gasteiger partial charge in [0.05, 0.1) is 5.56 Å². The SMILES string of the molecule is Cc1cc(C)c(C#N)c(N2CCN(c3nccs3)CC2)n1. The Balaban J connectivity index is 1.80. The van der Waals surface area contributed by atoms with E-state index >= 15 is 0 Å². The van der Waals surface area contributed by atoms with Gasteiger partial charge < -0.3 is 9.80 Å². The normalized spacial score (nSPS) is 15.1. The van der Waals surface area contributed by atoms with E-state index in [-0.39, 0.29) is 0 Å². The number of nitriles is 1. The van der Waals surface area contributed by atoms with E-state index in [1.165, 1.54) is 0 Å². The Labute approximate surface area is 128 Å². The van der Waals surface area contributed by atoms with Gasteiger partial charge in [0.15, 0.2) is 5.13 Å². The topological polar surface area (TPSA) is 56.1 Å². The average Bonchev–Trinajstić information content (AvgIpc) is 3.01. The molecule has 5 nitrogen and oxygen atoms in total. The van der Waals surface area contributed by atoms with E-state index in [4.69, 9.17) is 0 Å². The average molecular weight is 299 g/mol. The summed E-state index contributed by atoms with van der Waals surface area (Å²) in [6.45, 7) is 7.50. The van der Waals surface area contributed by atoms with Crippen LogP contribution in [-0.4, -0.2) is 36.1 Å². The van der Waals surface area contributed by atoms with Crippen LogP contribution in [0.1, 0.15) is 16.8 Å². The summed E-state index contributed by atoms with van der Waals surface area (Å²) in [7, 11) is 0. The standard InChI is InChI=1S/C15H17N5S/c1-11-9-12(2)18-14(13(11)10-16)19-4-6-20(7-5-19)15-17-3-8-21-15/h3,8-9H,4-7H2,1-2H3. The lowest BCUT2D eigenvalue weighted by molar-refractivity contribution is 0.644. The molecule has 21 heavy (non-hydrogen) atoms. The fraction of sp³-hybridized carbons (Fsp3) is 0.400. The maximum absolute atomic E-state index is 9.39. The monoisotopic (exact) mass is 299 g/mol. The number of nitrogens with zero attached hydrogens (tertiary/aromatic N) is 5. The van der Waals surface area contributed by atoms with Gasteiger partial charge in [-0.1, -0.05) is 0 Å². The number of hydrogen-bond donors (Lipinski definition) is 0. The zero-order valence-corrected chi connectivity index (χ0v) is 13.0. The Morgan fingerprint density at radius 2 is 1.90 bits per heavy atom. The van der Waals surface area contributed by atoms with Crippen molar-refractivity contribution in [3.8, 4) is 6.07 Å². The number of thiazole rings is 1. The molecular weight excluding hydrogens is 282 g/mol. The molecule has 1 aliphatic rings. The van der Waals surface area contributed by atoms with E-state index in [0.29, 0.717) is 5.56 Å². The fourth-order valence-corrected chi connectivity index (χ4v) is 3.36. The number of aromatic nitrogens is 2. The number of aryl methyl sites for hydroxylation is 2. The molecule has 1 saturated heterocycles. The summed E-state index contributed by atoms with van der Waals surface area (Å²) in [5.41, 5.74) is 2.66. The molecule has 6 heteroatoms. The van der Waals surface area contributed by atoms with Gasteiger partial charge in [-0.15, -0.1) is 11.3 Å². The number of hydrogen-bond acceptors (Lipinski definition) is 6. The highest BCUT2D eigenvalue weighted by molar-refractivity contribution is 7.13. The third-order valence-electron chi connectivity index (χ3n) is 3.71. The highest BCUT2D eigenvalue weighted by atomic mass is 32.1. The number of pyridine rings is 1. The molecule has 108 valence electrons. The molecule has 0 unspecified atom stereocenters. The highest BCUT2D eigenvalue weighted by Crippen LogP contribution is 2.25. The first-order valence-electron chi connectivity index (χ1n) is 6.97. The van der Waals surface area contributed by atoms with Crippen molar-refractivity contribution in [1.82, 2.24) is 9.97 Å². The predicted octanol–water partition coefficient (Wildman–Crippen LogP) is 2.35. The second-order valence-electron chi connectivity index (χ2n) is 5.18. The third-order valence-corrected chi connectivity index (χ3v) is 4.54. The Bertz CT molecular complexity index is 666. The second-order valence-corrected chi connectivity index (χ2v) is 6.05. The van der Waals surface area contributed by atoms with Crippen LogP contribution in [0.15, 0.2) is 17.6 Å². The number of piperazine rings is 1. The molecule has 0 spiro atoms.